The Hall–Kier alpha value is 0. The van der Waals surface area contributed by atoms with Crippen LogP contribution in [0.15, 0.2) is 0 Å². The van der Waals surface area contributed by atoms with E-state index in [9.17, 15) is 0 Å². The molecule has 3 atom stereocenters. The van der Waals surface area contributed by atoms with Gasteiger partial charge in [0.1, 0.15) is 0 Å². The lowest BCUT2D eigenvalue weighted by molar-refractivity contribution is -0.0364. The Balaban J connectivity index is 2.50. The smallest absolute Gasteiger partial charge is 0.0272 e. The van der Waals surface area contributed by atoms with E-state index in [1.54, 1.807) is 0 Å². The summed E-state index contributed by atoms with van der Waals surface area (Å²) in [4.78, 5) is 0. The molecule has 1 aliphatic carbocycles. The molecule has 0 heteroatoms. The van der Waals surface area contributed by atoms with Gasteiger partial charge in [-0.2, -0.15) is 0 Å². The zero-order valence-electron chi connectivity index (χ0n) is 8.48. The van der Waals surface area contributed by atoms with E-state index in [4.69, 9.17) is 0 Å². The maximum Gasteiger partial charge on any atom is -0.0272 e. The molecule has 0 saturated heterocycles. The number of hydrogen-bond acceptors (Lipinski definition) is 0. The Labute approximate surface area is 71.4 Å². The summed E-state index contributed by atoms with van der Waals surface area (Å²) in [6.07, 6.45) is 5.66. The van der Waals surface area contributed by atoms with Crippen LogP contribution in [0.25, 0.3) is 0 Å². The molecular formula is C11H22. The lowest BCUT2D eigenvalue weighted by Crippen LogP contribution is -2.45. The fourth-order valence-corrected chi connectivity index (χ4v) is 2.83. The normalized spacial score (nSPS) is 43.6. The number of hydrogen-bond donors (Lipinski definition) is 0. The Kier molecular flexibility index (Phi) is 2.61. The average Bonchev–Trinajstić information content (AvgIpc) is 2.00. The molecule has 0 aromatic rings. The van der Waals surface area contributed by atoms with Gasteiger partial charge in [-0.3, -0.25) is 0 Å². The second-order valence-electron chi connectivity index (χ2n) is 4.50. The molecule has 0 spiro atoms. The molecule has 1 saturated carbocycles. The van der Waals surface area contributed by atoms with Crippen LogP contribution in [-0.2, 0) is 0 Å². The van der Waals surface area contributed by atoms with Crippen molar-refractivity contribution >= 4 is 0 Å². The van der Waals surface area contributed by atoms with Crippen LogP contribution < -0.4 is 0 Å². The molecule has 1 rings (SSSR count). The van der Waals surface area contributed by atoms with Crippen LogP contribution in [0.5, 0.6) is 0 Å². The van der Waals surface area contributed by atoms with Gasteiger partial charge in [0.15, 0.2) is 0 Å². The van der Waals surface area contributed by atoms with Crippen molar-refractivity contribution in [2.75, 3.05) is 0 Å². The van der Waals surface area contributed by atoms with Crippen molar-refractivity contribution in [2.24, 2.45) is 17.3 Å². The fourth-order valence-electron chi connectivity index (χ4n) is 2.83. The third-order valence-corrected chi connectivity index (χ3v) is 3.98. The van der Waals surface area contributed by atoms with Gasteiger partial charge < -0.3 is 0 Å². The van der Waals surface area contributed by atoms with Crippen molar-refractivity contribution in [2.45, 2.75) is 53.4 Å². The van der Waals surface area contributed by atoms with Crippen molar-refractivity contribution < 1.29 is 0 Å². The van der Waals surface area contributed by atoms with E-state index in [1.165, 1.54) is 25.7 Å². The number of rotatable bonds is 3. The molecule has 0 amide bonds. The van der Waals surface area contributed by atoms with Gasteiger partial charge in [-0.05, 0) is 30.1 Å². The Morgan fingerprint density at radius 2 is 2.00 bits per heavy atom. The highest BCUT2D eigenvalue weighted by atomic mass is 14.5. The van der Waals surface area contributed by atoms with Crippen LogP contribution in [0.3, 0.4) is 0 Å². The van der Waals surface area contributed by atoms with Gasteiger partial charge in [0.05, 0.1) is 0 Å². The van der Waals surface area contributed by atoms with E-state index in [0.29, 0.717) is 5.41 Å². The van der Waals surface area contributed by atoms with Gasteiger partial charge in [-0.25, -0.2) is 0 Å². The van der Waals surface area contributed by atoms with Crippen molar-refractivity contribution in [1.29, 1.82) is 0 Å². The standard InChI is InChI=1S/C11H22/c1-5-7-11(4)9(3)8-10(11)6-2/h9-10H,5-8H2,1-4H3. The zero-order valence-corrected chi connectivity index (χ0v) is 8.48. The van der Waals surface area contributed by atoms with Gasteiger partial charge in [-0.1, -0.05) is 40.5 Å². The van der Waals surface area contributed by atoms with E-state index >= 15 is 0 Å². The van der Waals surface area contributed by atoms with E-state index in [2.05, 4.69) is 27.7 Å². The Morgan fingerprint density at radius 3 is 2.36 bits per heavy atom. The zero-order chi connectivity index (χ0) is 8.48. The second kappa shape index (κ2) is 3.16. The Bertz CT molecular complexity index is 128. The average molecular weight is 154 g/mol. The fraction of sp³-hybridized carbons (Fsp3) is 1.00. The summed E-state index contributed by atoms with van der Waals surface area (Å²) in [5, 5.41) is 0. The molecule has 0 bridgehead atoms. The van der Waals surface area contributed by atoms with Gasteiger partial charge >= 0.3 is 0 Å². The Morgan fingerprint density at radius 1 is 1.36 bits per heavy atom. The SMILES string of the molecule is CCCC1(C)C(C)CC1CC. The molecule has 11 heavy (non-hydrogen) atoms. The van der Waals surface area contributed by atoms with Crippen LogP contribution in [0.1, 0.15) is 53.4 Å². The first-order valence-corrected chi connectivity index (χ1v) is 5.15. The van der Waals surface area contributed by atoms with Gasteiger partial charge in [0.25, 0.3) is 0 Å². The van der Waals surface area contributed by atoms with Crippen molar-refractivity contribution in [3.8, 4) is 0 Å². The van der Waals surface area contributed by atoms with Crippen LogP contribution in [-0.4, -0.2) is 0 Å². The van der Waals surface area contributed by atoms with Gasteiger partial charge in [0.2, 0.25) is 0 Å². The quantitative estimate of drug-likeness (QED) is 0.579. The minimum absolute atomic E-state index is 0.698. The predicted octanol–water partition coefficient (Wildman–Crippen LogP) is 3.86. The molecule has 1 fully saturated rings. The van der Waals surface area contributed by atoms with Crippen molar-refractivity contribution in [3.05, 3.63) is 0 Å². The first kappa shape index (κ1) is 9.09. The van der Waals surface area contributed by atoms with E-state index in [1.807, 2.05) is 0 Å². The first-order valence-electron chi connectivity index (χ1n) is 5.15. The predicted molar refractivity (Wildman–Crippen MR) is 50.6 cm³/mol. The monoisotopic (exact) mass is 154 g/mol. The van der Waals surface area contributed by atoms with Crippen molar-refractivity contribution in [3.63, 3.8) is 0 Å². The van der Waals surface area contributed by atoms with Crippen LogP contribution in [0.2, 0.25) is 0 Å². The second-order valence-corrected chi connectivity index (χ2v) is 4.50. The van der Waals surface area contributed by atoms with Gasteiger partial charge in [-0.15, -0.1) is 0 Å². The molecule has 0 aromatic carbocycles. The highest BCUT2D eigenvalue weighted by molar-refractivity contribution is 4.96. The summed E-state index contributed by atoms with van der Waals surface area (Å²) in [6.45, 7) is 9.55. The molecule has 1 aliphatic rings. The molecule has 0 heterocycles. The van der Waals surface area contributed by atoms with E-state index in [-0.39, 0.29) is 0 Å². The summed E-state index contributed by atoms with van der Waals surface area (Å²) < 4.78 is 0. The first-order chi connectivity index (χ1) is 5.15. The van der Waals surface area contributed by atoms with E-state index in [0.717, 1.165) is 11.8 Å². The maximum absolute atomic E-state index is 2.48. The highest BCUT2D eigenvalue weighted by Gasteiger charge is 2.46. The molecule has 0 aromatic heterocycles. The third-order valence-electron chi connectivity index (χ3n) is 3.98. The van der Waals surface area contributed by atoms with E-state index < -0.39 is 0 Å². The van der Waals surface area contributed by atoms with Crippen LogP contribution in [0, 0.1) is 17.3 Å². The molecule has 0 nitrogen and oxygen atoms in total. The maximum atomic E-state index is 2.48. The summed E-state index contributed by atoms with van der Waals surface area (Å²) in [7, 11) is 0. The van der Waals surface area contributed by atoms with Crippen molar-refractivity contribution in [1.82, 2.24) is 0 Å². The molecule has 66 valence electrons. The molecule has 3 unspecified atom stereocenters. The lowest BCUT2D eigenvalue weighted by Gasteiger charge is -2.53. The highest BCUT2D eigenvalue weighted by Crippen LogP contribution is 2.55. The summed E-state index contributed by atoms with van der Waals surface area (Å²) in [5.74, 6) is 2.00. The topological polar surface area (TPSA) is 0 Å². The molecule has 0 N–H and O–H groups in total. The molecule has 0 radical (unpaired) electrons. The summed E-state index contributed by atoms with van der Waals surface area (Å²) in [5.41, 5.74) is 0.698. The van der Waals surface area contributed by atoms with Crippen LogP contribution >= 0.6 is 0 Å². The third kappa shape index (κ3) is 1.32. The summed E-state index contributed by atoms with van der Waals surface area (Å²) >= 11 is 0. The largest absolute Gasteiger partial charge is 0.0654 e. The molecule has 0 aliphatic heterocycles. The van der Waals surface area contributed by atoms with Crippen LogP contribution in [0.4, 0.5) is 0 Å². The lowest BCUT2D eigenvalue weighted by atomic mass is 9.52. The minimum Gasteiger partial charge on any atom is -0.0654 e. The minimum atomic E-state index is 0.698. The molecular weight excluding hydrogens is 132 g/mol. The summed E-state index contributed by atoms with van der Waals surface area (Å²) in [6, 6.07) is 0. The van der Waals surface area contributed by atoms with Gasteiger partial charge in [0, 0.05) is 0 Å².